The minimum atomic E-state index is 0.191. The summed E-state index contributed by atoms with van der Waals surface area (Å²) in [6, 6.07) is 4.47. The van der Waals surface area contributed by atoms with E-state index in [0.717, 1.165) is 25.3 Å². The molecule has 0 bridgehead atoms. The number of hydrogen-bond acceptors (Lipinski definition) is 4. The van der Waals surface area contributed by atoms with E-state index in [-0.39, 0.29) is 6.61 Å². The Morgan fingerprint density at radius 2 is 2.22 bits per heavy atom. The molecule has 0 spiro atoms. The van der Waals surface area contributed by atoms with Gasteiger partial charge >= 0.3 is 0 Å². The van der Waals surface area contributed by atoms with Gasteiger partial charge in [-0.3, -0.25) is 4.90 Å². The van der Waals surface area contributed by atoms with E-state index in [1.807, 2.05) is 12.3 Å². The third-order valence-electron chi connectivity index (χ3n) is 2.92. The van der Waals surface area contributed by atoms with E-state index in [0.29, 0.717) is 12.6 Å². The van der Waals surface area contributed by atoms with Crippen molar-refractivity contribution in [2.75, 3.05) is 25.0 Å². The monoisotopic (exact) mass is 251 g/mol. The van der Waals surface area contributed by atoms with Crippen LogP contribution in [0.4, 0.5) is 5.82 Å². The summed E-state index contributed by atoms with van der Waals surface area (Å²) in [5.41, 5.74) is 1.19. The zero-order valence-electron chi connectivity index (χ0n) is 11.7. The molecule has 0 aliphatic heterocycles. The molecule has 0 unspecified atom stereocenters. The van der Waals surface area contributed by atoms with Crippen molar-refractivity contribution in [3.8, 4) is 0 Å². The minimum absolute atomic E-state index is 0.191. The predicted octanol–water partition coefficient (Wildman–Crippen LogP) is 2.11. The Hall–Kier alpha value is -1.13. The minimum Gasteiger partial charge on any atom is -0.395 e. The highest BCUT2D eigenvalue weighted by Crippen LogP contribution is 2.15. The van der Waals surface area contributed by atoms with Crippen LogP contribution in [0.5, 0.6) is 0 Å². The first-order valence-electron chi connectivity index (χ1n) is 6.71. The van der Waals surface area contributed by atoms with Gasteiger partial charge in [-0.05, 0) is 26.3 Å². The van der Waals surface area contributed by atoms with Gasteiger partial charge in [0.25, 0.3) is 0 Å². The zero-order chi connectivity index (χ0) is 13.4. The topological polar surface area (TPSA) is 48.4 Å². The molecule has 1 rings (SSSR count). The highest BCUT2D eigenvalue weighted by atomic mass is 16.3. The number of pyridine rings is 1. The Bertz CT molecular complexity index is 342. The normalized spacial score (nSPS) is 11.2. The SMILES string of the molecule is CCCNc1ncccc1CN(CCO)C(C)C. The van der Waals surface area contributed by atoms with E-state index < -0.39 is 0 Å². The number of aliphatic hydroxyl groups is 1. The summed E-state index contributed by atoms with van der Waals surface area (Å²) in [7, 11) is 0. The molecular weight excluding hydrogens is 226 g/mol. The summed E-state index contributed by atoms with van der Waals surface area (Å²) in [5, 5.41) is 12.5. The fourth-order valence-electron chi connectivity index (χ4n) is 1.84. The highest BCUT2D eigenvalue weighted by Gasteiger charge is 2.12. The first-order valence-corrected chi connectivity index (χ1v) is 6.71. The summed E-state index contributed by atoms with van der Waals surface area (Å²) in [4.78, 5) is 6.63. The van der Waals surface area contributed by atoms with Crippen molar-refractivity contribution in [3.63, 3.8) is 0 Å². The zero-order valence-corrected chi connectivity index (χ0v) is 11.7. The van der Waals surface area contributed by atoms with Crippen LogP contribution < -0.4 is 5.32 Å². The third kappa shape index (κ3) is 4.63. The summed E-state index contributed by atoms with van der Waals surface area (Å²) in [6.45, 7) is 9.07. The Morgan fingerprint density at radius 1 is 1.44 bits per heavy atom. The van der Waals surface area contributed by atoms with Gasteiger partial charge in [-0.2, -0.15) is 0 Å². The second kappa shape index (κ2) is 8.06. The molecule has 0 amide bonds. The van der Waals surface area contributed by atoms with Crippen LogP contribution in [0.25, 0.3) is 0 Å². The summed E-state index contributed by atoms with van der Waals surface area (Å²) in [6.07, 6.45) is 2.90. The molecule has 0 saturated heterocycles. The van der Waals surface area contributed by atoms with E-state index >= 15 is 0 Å². The second-order valence-corrected chi connectivity index (χ2v) is 4.73. The molecule has 4 heteroatoms. The lowest BCUT2D eigenvalue weighted by atomic mass is 10.2. The van der Waals surface area contributed by atoms with Crippen LogP contribution in [0.1, 0.15) is 32.8 Å². The average Bonchev–Trinajstić information content (AvgIpc) is 2.37. The van der Waals surface area contributed by atoms with E-state index in [1.165, 1.54) is 5.56 Å². The fraction of sp³-hybridized carbons (Fsp3) is 0.643. The second-order valence-electron chi connectivity index (χ2n) is 4.73. The standard InChI is InChI=1S/C14H25N3O/c1-4-7-15-14-13(6-5-8-16-14)11-17(9-10-18)12(2)3/h5-6,8,12,18H,4,7,9-11H2,1-3H3,(H,15,16). The molecule has 0 fully saturated rings. The molecule has 1 heterocycles. The predicted molar refractivity (Wildman–Crippen MR) is 75.6 cm³/mol. The average molecular weight is 251 g/mol. The van der Waals surface area contributed by atoms with Gasteiger partial charge in [0.1, 0.15) is 5.82 Å². The molecule has 2 N–H and O–H groups in total. The largest absolute Gasteiger partial charge is 0.395 e. The van der Waals surface area contributed by atoms with Gasteiger partial charge in [0.2, 0.25) is 0 Å². The van der Waals surface area contributed by atoms with Gasteiger partial charge in [0.15, 0.2) is 0 Å². The Balaban J connectivity index is 2.74. The molecule has 0 aromatic carbocycles. The lowest BCUT2D eigenvalue weighted by molar-refractivity contribution is 0.159. The van der Waals surface area contributed by atoms with Crippen molar-refractivity contribution in [2.24, 2.45) is 0 Å². The van der Waals surface area contributed by atoms with E-state index in [1.54, 1.807) is 0 Å². The fourth-order valence-corrected chi connectivity index (χ4v) is 1.84. The smallest absolute Gasteiger partial charge is 0.130 e. The van der Waals surface area contributed by atoms with Crippen LogP contribution in [0, 0.1) is 0 Å². The number of aromatic nitrogens is 1. The van der Waals surface area contributed by atoms with E-state index in [2.05, 4.69) is 42.0 Å². The number of aliphatic hydroxyl groups excluding tert-OH is 1. The summed E-state index contributed by atoms with van der Waals surface area (Å²) in [5.74, 6) is 0.961. The van der Waals surface area contributed by atoms with Gasteiger partial charge in [0.05, 0.1) is 6.61 Å². The van der Waals surface area contributed by atoms with Crippen molar-refractivity contribution in [3.05, 3.63) is 23.9 Å². The number of hydrogen-bond donors (Lipinski definition) is 2. The number of anilines is 1. The van der Waals surface area contributed by atoms with E-state index in [9.17, 15) is 0 Å². The van der Waals surface area contributed by atoms with Crippen LogP contribution >= 0.6 is 0 Å². The summed E-state index contributed by atoms with van der Waals surface area (Å²) >= 11 is 0. The van der Waals surface area contributed by atoms with Crippen LogP contribution in [0.3, 0.4) is 0 Å². The number of nitrogens with zero attached hydrogens (tertiary/aromatic N) is 2. The van der Waals surface area contributed by atoms with Crippen molar-refractivity contribution >= 4 is 5.82 Å². The van der Waals surface area contributed by atoms with Crippen molar-refractivity contribution in [1.29, 1.82) is 0 Å². The van der Waals surface area contributed by atoms with Gasteiger partial charge in [-0.25, -0.2) is 4.98 Å². The number of nitrogens with one attached hydrogen (secondary N) is 1. The lowest BCUT2D eigenvalue weighted by Gasteiger charge is -2.26. The Morgan fingerprint density at radius 3 is 2.83 bits per heavy atom. The van der Waals surface area contributed by atoms with Crippen molar-refractivity contribution < 1.29 is 5.11 Å². The molecule has 0 radical (unpaired) electrons. The van der Waals surface area contributed by atoms with Crippen LogP contribution in [-0.4, -0.2) is 40.7 Å². The van der Waals surface area contributed by atoms with Crippen LogP contribution in [0.2, 0.25) is 0 Å². The van der Waals surface area contributed by atoms with Gasteiger partial charge in [-0.1, -0.05) is 13.0 Å². The van der Waals surface area contributed by atoms with Crippen molar-refractivity contribution in [2.45, 2.75) is 39.8 Å². The molecule has 0 aliphatic rings. The molecular formula is C14H25N3O. The molecule has 4 nitrogen and oxygen atoms in total. The third-order valence-corrected chi connectivity index (χ3v) is 2.92. The molecule has 0 saturated carbocycles. The maximum atomic E-state index is 9.10. The maximum absolute atomic E-state index is 9.10. The molecule has 1 aromatic heterocycles. The van der Waals surface area contributed by atoms with Gasteiger partial charge in [-0.15, -0.1) is 0 Å². The van der Waals surface area contributed by atoms with E-state index in [4.69, 9.17) is 5.11 Å². The molecule has 1 aromatic rings. The first kappa shape index (κ1) is 14.9. The molecule has 18 heavy (non-hydrogen) atoms. The number of rotatable bonds is 8. The van der Waals surface area contributed by atoms with Gasteiger partial charge < -0.3 is 10.4 Å². The van der Waals surface area contributed by atoms with Crippen LogP contribution in [-0.2, 0) is 6.54 Å². The Kier molecular flexibility index (Phi) is 6.68. The summed E-state index contributed by atoms with van der Waals surface area (Å²) < 4.78 is 0. The lowest BCUT2D eigenvalue weighted by Crippen LogP contribution is -2.33. The highest BCUT2D eigenvalue weighted by molar-refractivity contribution is 5.43. The first-order chi connectivity index (χ1) is 8.69. The molecule has 102 valence electrons. The molecule has 0 aliphatic carbocycles. The van der Waals surface area contributed by atoms with Crippen molar-refractivity contribution in [1.82, 2.24) is 9.88 Å². The maximum Gasteiger partial charge on any atom is 0.130 e. The Labute approximate surface area is 110 Å². The van der Waals surface area contributed by atoms with Gasteiger partial charge in [0, 0.05) is 37.4 Å². The molecule has 0 atom stereocenters. The van der Waals surface area contributed by atoms with Crippen LogP contribution in [0.15, 0.2) is 18.3 Å². The quantitative estimate of drug-likeness (QED) is 0.743.